The Morgan fingerprint density at radius 2 is 1.88 bits per heavy atom. The van der Waals surface area contributed by atoms with Gasteiger partial charge in [-0.2, -0.15) is 0 Å². The summed E-state index contributed by atoms with van der Waals surface area (Å²) < 4.78 is 0. The van der Waals surface area contributed by atoms with Gasteiger partial charge in [0.05, 0.1) is 0 Å². The van der Waals surface area contributed by atoms with Crippen molar-refractivity contribution in [3.05, 3.63) is 34.9 Å². The summed E-state index contributed by atoms with van der Waals surface area (Å²) >= 11 is 0. The molecule has 0 fully saturated rings. The SMILES string of the molecule is CC(CCN)C(N)c1ccc2c(c1)CCCC2. The van der Waals surface area contributed by atoms with Crippen LogP contribution in [0.25, 0.3) is 0 Å². The molecule has 0 radical (unpaired) electrons. The van der Waals surface area contributed by atoms with E-state index in [1.807, 2.05) is 0 Å². The highest BCUT2D eigenvalue weighted by molar-refractivity contribution is 5.35. The van der Waals surface area contributed by atoms with E-state index in [9.17, 15) is 0 Å². The monoisotopic (exact) mass is 232 g/mol. The van der Waals surface area contributed by atoms with Crippen LogP contribution >= 0.6 is 0 Å². The number of aryl methyl sites for hydroxylation is 2. The zero-order chi connectivity index (χ0) is 12.3. The minimum Gasteiger partial charge on any atom is -0.330 e. The van der Waals surface area contributed by atoms with Gasteiger partial charge in [-0.3, -0.25) is 0 Å². The predicted molar refractivity (Wildman–Crippen MR) is 72.8 cm³/mol. The third kappa shape index (κ3) is 2.88. The third-order valence-electron chi connectivity index (χ3n) is 3.99. The summed E-state index contributed by atoms with van der Waals surface area (Å²) in [5, 5.41) is 0. The van der Waals surface area contributed by atoms with Crippen molar-refractivity contribution in [2.24, 2.45) is 17.4 Å². The summed E-state index contributed by atoms with van der Waals surface area (Å²) in [4.78, 5) is 0. The Bertz CT molecular complexity index is 373. The van der Waals surface area contributed by atoms with Gasteiger partial charge in [0.2, 0.25) is 0 Å². The minimum atomic E-state index is 0.130. The van der Waals surface area contributed by atoms with Crippen molar-refractivity contribution in [3.63, 3.8) is 0 Å². The summed E-state index contributed by atoms with van der Waals surface area (Å²) in [5.74, 6) is 0.460. The van der Waals surface area contributed by atoms with Crippen LogP contribution in [-0.2, 0) is 12.8 Å². The normalized spacial score (nSPS) is 18.5. The van der Waals surface area contributed by atoms with Crippen molar-refractivity contribution >= 4 is 0 Å². The maximum atomic E-state index is 6.30. The van der Waals surface area contributed by atoms with E-state index in [0.717, 1.165) is 13.0 Å². The molecule has 1 aliphatic carbocycles. The van der Waals surface area contributed by atoms with Gasteiger partial charge < -0.3 is 11.5 Å². The Balaban J connectivity index is 2.15. The second-order valence-corrected chi connectivity index (χ2v) is 5.32. The van der Waals surface area contributed by atoms with Crippen molar-refractivity contribution in [2.75, 3.05) is 6.54 Å². The Morgan fingerprint density at radius 3 is 2.59 bits per heavy atom. The fourth-order valence-electron chi connectivity index (χ4n) is 2.73. The predicted octanol–water partition coefficient (Wildman–Crippen LogP) is 2.55. The molecule has 2 rings (SSSR count). The lowest BCUT2D eigenvalue weighted by Gasteiger charge is -2.23. The highest BCUT2D eigenvalue weighted by atomic mass is 14.7. The van der Waals surface area contributed by atoms with Gasteiger partial charge >= 0.3 is 0 Å². The Labute approximate surface area is 104 Å². The molecule has 2 nitrogen and oxygen atoms in total. The van der Waals surface area contributed by atoms with E-state index in [1.165, 1.54) is 42.4 Å². The molecule has 0 aliphatic heterocycles. The molecule has 2 unspecified atom stereocenters. The van der Waals surface area contributed by atoms with E-state index >= 15 is 0 Å². The molecule has 17 heavy (non-hydrogen) atoms. The highest BCUT2D eigenvalue weighted by Gasteiger charge is 2.16. The maximum Gasteiger partial charge on any atom is 0.0321 e. The molecule has 94 valence electrons. The molecule has 4 N–H and O–H groups in total. The van der Waals surface area contributed by atoms with Crippen molar-refractivity contribution in [1.82, 2.24) is 0 Å². The van der Waals surface area contributed by atoms with Crippen molar-refractivity contribution in [2.45, 2.75) is 45.1 Å². The zero-order valence-corrected chi connectivity index (χ0v) is 10.8. The molecule has 1 aromatic carbocycles. The average Bonchev–Trinajstić information content (AvgIpc) is 2.37. The fourth-order valence-corrected chi connectivity index (χ4v) is 2.73. The second-order valence-electron chi connectivity index (χ2n) is 5.32. The number of benzene rings is 1. The molecule has 0 bridgehead atoms. The standard InChI is InChI=1S/C15H24N2/c1-11(8-9-16)15(17)14-7-6-12-4-2-3-5-13(12)10-14/h6-7,10-11,15H,2-5,8-9,16-17H2,1H3. The van der Waals surface area contributed by atoms with Gasteiger partial charge in [0, 0.05) is 6.04 Å². The maximum absolute atomic E-state index is 6.30. The molecule has 2 atom stereocenters. The van der Waals surface area contributed by atoms with E-state index in [1.54, 1.807) is 0 Å². The van der Waals surface area contributed by atoms with E-state index in [-0.39, 0.29) is 6.04 Å². The van der Waals surface area contributed by atoms with Gasteiger partial charge in [0.15, 0.2) is 0 Å². The lowest BCUT2D eigenvalue weighted by Crippen LogP contribution is -2.22. The lowest BCUT2D eigenvalue weighted by molar-refractivity contribution is 0.443. The van der Waals surface area contributed by atoms with Gasteiger partial charge in [-0.25, -0.2) is 0 Å². The van der Waals surface area contributed by atoms with Crippen molar-refractivity contribution in [1.29, 1.82) is 0 Å². The highest BCUT2D eigenvalue weighted by Crippen LogP contribution is 2.27. The van der Waals surface area contributed by atoms with Gasteiger partial charge in [0.25, 0.3) is 0 Å². The Kier molecular flexibility index (Phi) is 4.19. The average molecular weight is 232 g/mol. The fraction of sp³-hybridized carbons (Fsp3) is 0.600. The van der Waals surface area contributed by atoms with E-state index in [2.05, 4.69) is 25.1 Å². The van der Waals surface area contributed by atoms with Crippen LogP contribution in [0.4, 0.5) is 0 Å². The topological polar surface area (TPSA) is 52.0 Å². The first-order chi connectivity index (χ1) is 8.22. The lowest BCUT2D eigenvalue weighted by atomic mass is 9.86. The summed E-state index contributed by atoms with van der Waals surface area (Å²) in [5.41, 5.74) is 16.2. The Morgan fingerprint density at radius 1 is 1.18 bits per heavy atom. The van der Waals surface area contributed by atoms with Crippen LogP contribution in [-0.4, -0.2) is 6.54 Å². The van der Waals surface area contributed by atoms with E-state index in [0.29, 0.717) is 5.92 Å². The first kappa shape index (κ1) is 12.6. The molecule has 0 saturated heterocycles. The molecule has 0 spiro atoms. The van der Waals surface area contributed by atoms with Gasteiger partial charge in [-0.05, 0) is 61.3 Å². The van der Waals surface area contributed by atoms with Crippen molar-refractivity contribution in [3.8, 4) is 0 Å². The number of rotatable bonds is 4. The number of hydrogen-bond acceptors (Lipinski definition) is 2. The molecule has 0 heterocycles. The largest absolute Gasteiger partial charge is 0.330 e. The molecular formula is C15H24N2. The zero-order valence-electron chi connectivity index (χ0n) is 10.8. The van der Waals surface area contributed by atoms with E-state index < -0.39 is 0 Å². The summed E-state index contributed by atoms with van der Waals surface area (Å²) in [6.45, 7) is 2.91. The molecular weight excluding hydrogens is 208 g/mol. The van der Waals surface area contributed by atoms with Crippen LogP contribution in [0.3, 0.4) is 0 Å². The molecule has 0 amide bonds. The smallest absolute Gasteiger partial charge is 0.0321 e. The quantitative estimate of drug-likeness (QED) is 0.838. The van der Waals surface area contributed by atoms with Crippen LogP contribution in [0.15, 0.2) is 18.2 Å². The van der Waals surface area contributed by atoms with Gasteiger partial charge in [0.1, 0.15) is 0 Å². The third-order valence-corrected chi connectivity index (χ3v) is 3.99. The van der Waals surface area contributed by atoms with Crippen molar-refractivity contribution < 1.29 is 0 Å². The van der Waals surface area contributed by atoms with Crippen LogP contribution < -0.4 is 11.5 Å². The Hall–Kier alpha value is -0.860. The van der Waals surface area contributed by atoms with Crippen LogP contribution in [0.2, 0.25) is 0 Å². The van der Waals surface area contributed by atoms with Crippen LogP contribution in [0.5, 0.6) is 0 Å². The first-order valence-electron chi connectivity index (χ1n) is 6.79. The summed E-state index contributed by atoms with van der Waals surface area (Å²) in [6.07, 6.45) is 6.12. The van der Waals surface area contributed by atoms with Crippen LogP contribution in [0, 0.1) is 5.92 Å². The molecule has 1 aliphatic rings. The van der Waals surface area contributed by atoms with Gasteiger partial charge in [-0.1, -0.05) is 25.1 Å². The summed E-state index contributed by atoms with van der Waals surface area (Å²) in [6, 6.07) is 6.94. The number of nitrogens with two attached hydrogens (primary N) is 2. The summed E-state index contributed by atoms with van der Waals surface area (Å²) in [7, 11) is 0. The number of fused-ring (bicyclic) bond motifs is 1. The minimum absolute atomic E-state index is 0.130. The molecule has 0 aromatic heterocycles. The number of hydrogen-bond donors (Lipinski definition) is 2. The molecule has 1 aromatic rings. The van der Waals surface area contributed by atoms with Gasteiger partial charge in [-0.15, -0.1) is 0 Å². The first-order valence-corrected chi connectivity index (χ1v) is 6.79. The van der Waals surface area contributed by atoms with E-state index in [4.69, 9.17) is 11.5 Å². The van der Waals surface area contributed by atoms with Crippen LogP contribution in [0.1, 0.15) is 48.9 Å². The molecule has 0 saturated carbocycles. The second kappa shape index (κ2) is 5.65. The molecule has 2 heteroatoms.